The molecule has 0 saturated heterocycles. The molecule has 0 amide bonds. The first-order valence-corrected chi connectivity index (χ1v) is 6.23. The van der Waals surface area contributed by atoms with Gasteiger partial charge in [0.2, 0.25) is 0 Å². The maximum Gasteiger partial charge on any atom is 0.119 e. The molecule has 0 unspecified atom stereocenters. The summed E-state index contributed by atoms with van der Waals surface area (Å²) in [7, 11) is 0. The first-order valence-electron chi connectivity index (χ1n) is 6.23. The van der Waals surface area contributed by atoms with Crippen LogP contribution >= 0.6 is 0 Å². The fourth-order valence-electron chi connectivity index (χ4n) is 1.65. The molecule has 0 aliphatic rings. The summed E-state index contributed by atoms with van der Waals surface area (Å²) in [4.78, 5) is 0. The van der Waals surface area contributed by atoms with Gasteiger partial charge in [0, 0.05) is 0 Å². The highest BCUT2D eigenvalue weighted by molar-refractivity contribution is 5.28. The van der Waals surface area contributed by atoms with Gasteiger partial charge in [-0.25, -0.2) is 0 Å². The minimum atomic E-state index is 0.839. The van der Waals surface area contributed by atoms with Gasteiger partial charge in [0.25, 0.3) is 0 Å². The second kappa shape index (κ2) is 7.32. The number of hydrogen-bond acceptors (Lipinski definition) is 1. The predicted octanol–water partition coefficient (Wildman–Crippen LogP) is 4.41. The van der Waals surface area contributed by atoms with Crippen molar-refractivity contribution in [3.05, 3.63) is 35.7 Å². The lowest BCUT2D eigenvalue weighted by atomic mass is 10.0. The van der Waals surface area contributed by atoms with Crippen LogP contribution in [0.4, 0.5) is 0 Å². The van der Waals surface area contributed by atoms with Crippen LogP contribution in [-0.4, -0.2) is 6.61 Å². The minimum Gasteiger partial charge on any atom is -0.494 e. The summed E-state index contributed by atoms with van der Waals surface area (Å²) in [5, 5.41) is 0. The molecule has 1 radical (unpaired) electrons. The van der Waals surface area contributed by atoms with E-state index in [4.69, 9.17) is 4.74 Å². The number of rotatable bonds is 7. The molecule has 0 bridgehead atoms. The lowest BCUT2D eigenvalue weighted by Crippen LogP contribution is -1.97. The molecule has 0 spiro atoms. The fourth-order valence-corrected chi connectivity index (χ4v) is 1.65. The van der Waals surface area contributed by atoms with E-state index < -0.39 is 0 Å². The fraction of sp³-hybridized carbons (Fsp3) is 0.533. The van der Waals surface area contributed by atoms with Gasteiger partial charge in [-0.3, -0.25) is 0 Å². The molecule has 1 nitrogen and oxygen atoms in total. The Bertz CT molecular complexity index is 274. The summed E-state index contributed by atoms with van der Waals surface area (Å²) in [6, 6.07) is 8.46. The minimum absolute atomic E-state index is 0.839. The lowest BCUT2D eigenvalue weighted by Gasteiger charge is -2.08. The maximum atomic E-state index is 5.66. The van der Waals surface area contributed by atoms with Crippen molar-refractivity contribution in [1.82, 2.24) is 0 Å². The van der Waals surface area contributed by atoms with Crippen molar-refractivity contribution in [1.29, 1.82) is 0 Å². The third kappa shape index (κ3) is 5.20. The summed E-state index contributed by atoms with van der Waals surface area (Å²) in [5.41, 5.74) is 1.36. The van der Waals surface area contributed by atoms with Gasteiger partial charge in [-0.15, -0.1) is 0 Å². The Morgan fingerprint density at radius 2 is 1.75 bits per heavy atom. The van der Waals surface area contributed by atoms with Crippen molar-refractivity contribution in [3.8, 4) is 5.75 Å². The molecule has 1 rings (SSSR count). The zero-order chi connectivity index (χ0) is 11.8. The smallest absolute Gasteiger partial charge is 0.119 e. The molecular weight excluding hydrogens is 196 g/mol. The number of unbranched alkanes of at least 4 members (excludes halogenated alkanes) is 2. The van der Waals surface area contributed by atoms with E-state index in [0.29, 0.717) is 0 Å². The van der Waals surface area contributed by atoms with Gasteiger partial charge < -0.3 is 4.74 Å². The summed E-state index contributed by atoms with van der Waals surface area (Å²) < 4.78 is 5.66. The van der Waals surface area contributed by atoms with Gasteiger partial charge >= 0.3 is 0 Å². The summed E-state index contributed by atoms with van der Waals surface area (Å²) in [6.07, 6.45) is 4.71. The Morgan fingerprint density at radius 1 is 1.06 bits per heavy atom. The standard InChI is InChI=1S/C15H23O/c1-4-5-6-11-16-15-9-7-14(8-10-15)12-13(2)3/h7-10H,4-6,11-12H2,1-3H3. The van der Waals surface area contributed by atoms with E-state index in [-0.39, 0.29) is 0 Å². The van der Waals surface area contributed by atoms with Crippen LogP contribution in [-0.2, 0) is 6.42 Å². The largest absolute Gasteiger partial charge is 0.494 e. The monoisotopic (exact) mass is 219 g/mol. The summed E-state index contributed by atoms with van der Waals surface area (Å²) in [6.45, 7) is 7.37. The van der Waals surface area contributed by atoms with Crippen molar-refractivity contribution >= 4 is 0 Å². The molecule has 0 fully saturated rings. The topological polar surface area (TPSA) is 9.23 Å². The van der Waals surface area contributed by atoms with Crippen molar-refractivity contribution in [2.75, 3.05) is 6.61 Å². The summed E-state index contributed by atoms with van der Waals surface area (Å²) in [5.74, 6) is 2.44. The van der Waals surface area contributed by atoms with E-state index in [1.807, 2.05) is 0 Å². The highest BCUT2D eigenvalue weighted by Crippen LogP contribution is 2.15. The molecule has 0 aromatic heterocycles. The van der Waals surface area contributed by atoms with Crippen LogP contribution in [0.15, 0.2) is 24.3 Å². The molecule has 0 heterocycles. The van der Waals surface area contributed by atoms with Crippen molar-refractivity contribution < 1.29 is 4.74 Å². The Labute approximate surface area is 99.8 Å². The van der Waals surface area contributed by atoms with E-state index in [0.717, 1.165) is 25.2 Å². The highest BCUT2D eigenvalue weighted by Gasteiger charge is 1.98. The second-order valence-electron chi connectivity index (χ2n) is 4.58. The first kappa shape index (κ1) is 13.1. The van der Waals surface area contributed by atoms with E-state index in [1.54, 1.807) is 0 Å². The van der Waals surface area contributed by atoms with Crippen LogP contribution in [0, 0.1) is 5.92 Å². The lowest BCUT2D eigenvalue weighted by molar-refractivity contribution is 0.306. The molecule has 0 N–H and O–H groups in total. The van der Waals surface area contributed by atoms with Gasteiger partial charge in [0.15, 0.2) is 0 Å². The molecule has 0 aliphatic heterocycles. The Morgan fingerprint density at radius 3 is 2.31 bits per heavy atom. The highest BCUT2D eigenvalue weighted by atomic mass is 16.5. The van der Waals surface area contributed by atoms with Gasteiger partial charge in [-0.2, -0.15) is 0 Å². The number of benzene rings is 1. The van der Waals surface area contributed by atoms with Gasteiger partial charge in [0.1, 0.15) is 5.75 Å². The van der Waals surface area contributed by atoms with Crippen LogP contribution in [0.3, 0.4) is 0 Å². The van der Waals surface area contributed by atoms with Gasteiger partial charge in [-0.1, -0.05) is 45.7 Å². The Balaban J connectivity index is 2.33. The van der Waals surface area contributed by atoms with Crippen LogP contribution < -0.4 is 4.74 Å². The first-order chi connectivity index (χ1) is 7.72. The SMILES string of the molecule is CCCCCOc1ccc(C[C](C)C)cc1. The zero-order valence-corrected chi connectivity index (χ0v) is 10.8. The van der Waals surface area contributed by atoms with Crippen molar-refractivity contribution in [2.45, 2.75) is 46.5 Å². The quantitative estimate of drug-likeness (QED) is 0.617. The number of hydrogen-bond donors (Lipinski definition) is 0. The van der Waals surface area contributed by atoms with Crippen molar-refractivity contribution in [2.24, 2.45) is 0 Å². The normalized spacial score (nSPS) is 10.8. The molecule has 0 atom stereocenters. The van der Waals surface area contributed by atoms with E-state index in [9.17, 15) is 0 Å². The van der Waals surface area contributed by atoms with E-state index >= 15 is 0 Å². The molecule has 1 aromatic rings. The molecule has 1 heteroatoms. The third-order valence-electron chi connectivity index (χ3n) is 2.50. The zero-order valence-electron chi connectivity index (χ0n) is 10.8. The molecule has 1 aromatic carbocycles. The second-order valence-corrected chi connectivity index (χ2v) is 4.58. The van der Waals surface area contributed by atoms with Crippen molar-refractivity contribution in [3.63, 3.8) is 0 Å². The van der Waals surface area contributed by atoms with Crippen LogP contribution in [0.1, 0.15) is 45.6 Å². The average molecular weight is 219 g/mol. The predicted molar refractivity (Wildman–Crippen MR) is 69.8 cm³/mol. The summed E-state index contributed by atoms with van der Waals surface area (Å²) >= 11 is 0. The maximum absolute atomic E-state index is 5.66. The van der Waals surface area contributed by atoms with Crippen LogP contribution in [0.5, 0.6) is 5.75 Å². The van der Waals surface area contributed by atoms with E-state index in [2.05, 4.69) is 45.0 Å². The molecule has 0 saturated carbocycles. The Kier molecular flexibility index (Phi) is 5.99. The van der Waals surface area contributed by atoms with E-state index in [1.165, 1.54) is 24.3 Å². The third-order valence-corrected chi connectivity index (χ3v) is 2.50. The van der Waals surface area contributed by atoms with Gasteiger partial charge in [0.05, 0.1) is 6.61 Å². The average Bonchev–Trinajstić information content (AvgIpc) is 2.26. The molecule has 89 valence electrons. The molecule has 16 heavy (non-hydrogen) atoms. The van der Waals surface area contributed by atoms with Gasteiger partial charge in [-0.05, 0) is 36.5 Å². The van der Waals surface area contributed by atoms with Crippen LogP contribution in [0.2, 0.25) is 0 Å². The Hall–Kier alpha value is -0.980. The number of ether oxygens (including phenoxy) is 1. The molecule has 0 aliphatic carbocycles. The molecular formula is C15H23O. The van der Waals surface area contributed by atoms with Crippen LogP contribution in [0.25, 0.3) is 0 Å².